The molecule has 0 amide bonds. The molecule has 0 saturated heterocycles. The van der Waals surface area contributed by atoms with Gasteiger partial charge in [-0.3, -0.25) is 0 Å². The van der Waals surface area contributed by atoms with Crippen LogP contribution in [-0.4, -0.2) is 17.3 Å². The van der Waals surface area contributed by atoms with E-state index in [2.05, 4.69) is 10.1 Å². The summed E-state index contributed by atoms with van der Waals surface area (Å²) in [6.07, 6.45) is 1.45. The predicted octanol–water partition coefficient (Wildman–Crippen LogP) is 3.12. The molecule has 20 heavy (non-hydrogen) atoms. The summed E-state index contributed by atoms with van der Waals surface area (Å²) in [7, 11) is 1.62. The maximum Gasteiger partial charge on any atom is 0.258 e. The first-order chi connectivity index (χ1) is 9.56. The van der Waals surface area contributed by atoms with Gasteiger partial charge in [-0.05, 0) is 31.0 Å². The third-order valence-corrected chi connectivity index (χ3v) is 3.61. The van der Waals surface area contributed by atoms with E-state index in [9.17, 15) is 4.39 Å². The van der Waals surface area contributed by atoms with Gasteiger partial charge in [0.2, 0.25) is 5.82 Å². The van der Waals surface area contributed by atoms with Crippen LogP contribution in [0.2, 0.25) is 0 Å². The fourth-order valence-electron chi connectivity index (χ4n) is 2.15. The Morgan fingerprint density at radius 2 is 2.05 bits per heavy atom. The number of nitrogens with zero attached hydrogens (tertiary/aromatic N) is 2. The van der Waals surface area contributed by atoms with Crippen molar-refractivity contribution in [3.05, 3.63) is 29.8 Å². The Morgan fingerprint density at radius 1 is 1.35 bits per heavy atom. The van der Waals surface area contributed by atoms with Crippen molar-refractivity contribution >= 4 is 5.69 Å². The molecular formula is C14H18FN3O2. The summed E-state index contributed by atoms with van der Waals surface area (Å²) in [5.74, 6) is 0.319. The smallest absolute Gasteiger partial charge is 0.258 e. The van der Waals surface area contributed by atoms with Gasteiger partial charge in [-0.25, -0.2) is 4.39 Å². The molecule has 108 valence electrons. The summed E-state index contributed by atoms with van der Waals surface area (Å²) in [4.78, 5) is 4.36. The van der Waals surface area contributed by atoms with Crippen molar-refractivity contribution in [2.24, 2.45) is 0 Å². The number of aromatic nitrogens is 2. The van der Waals surface area contributed by atoms with Gasteiger partial charge in [0, 0.05) is 12.7 Å². The molecule has 0 aliphatic carbocycles. The maximum atomic E-state index is 13.2. The highest BCUT2D eigenvalue weighted by atomic mass is 19.1. The number of nitrogens with two attached hydrogens (primary N) is 1. The number of methoxy groups -OCH3 is 1. The van der Waals surface area contributed by atoms with Crippen molar-refractivity contribution in [1.29, 1.82) is 0 Å². The van der Waals surface area contributed by atoms with Crippen LogP contribution < -0.4 is 5.73 Å². The molecule has 2 N–H and O–H groups in total. The molecule has 2 rings (SSSR count). The number of hydrogen-bond donors (Lipinski definition) is 1. The van der Waals surface area contributed by atoms with Crippen LogP contribution in [0, 0.1) is 5.82 Å². The van der Waals surface area contributed by atoms with E-state index in [4.69, 9.17) is 15.0 Å². The molecule has 0 radical (unpaired) electrons. The van der Waals surface area contributed by atoms with Crippen molar-refractivity contribution in [2.75, 3.05) is 12.8 Å². The minimum atomic E-state index is -0.562. The zero-order chi connectivity index (χ0) is 14.8. The molecule has 5 nitrogen and oxygen atoms in total. The van der Waals surface area contributed by atoms with E-state index in [0.717, 1.165) is 12.8 Å². The molecule has 0 spiro atoms. The topological polar surface area (TPSA) is 74.2 Å². The quantitative estimate of drug-likeness (QED) is 0.851. The lowest BCUT2D eigenvalue weighted by atomic mass is 9.96. The van der Waals surface area contributed by atoms with Gasteiger partial charge < -0.3 is 15.0 Å². The Balaban J connectivity index is 2.39. The highest BCUT2D eigenvalue weighted by Crippen LogP contribution is 2.32. The van der Waals surface area contributed by atoms with Crippen molar-refractivity contribution < 1.29 is 13.7 Å². The Hall–Kier alpha value is -1.95. The molecule has 0 aliphatic heterocycles. The van der Waals surface area contributed by atoms with Gasteiger partial charge in [0.05, 0.1) is 5.69 Å². The van der Waals surface area contributed by atoms with Crippen LogP contribution in [-0.2, 0) is 10.3 Å². The third-order valence-electron chi connectivity index (χ3n) is 3.61. The Kier molecular flexibility index (Phi) is 4.04. The second kappa shape index (κ2) is 5.58. The first-order valence-electron chi connectivity index (χ1n) is 6.51. The molecular weight excluding hydrogens is 261 g/mol. The van der Waals surface area contributed by atoms with Crippen molar-refractivity contribution in [3.8, 4) is 11.5 Å². The van der Waals surface area contributed by atoms with Gasteiger partial charge in [0.25, 0.3) is 5.89 Å². The first-order valence-corrected chi connectivity index (χ1v) is 6.51. The normalized spacial score (nSPS) is 11.8. The van der Waals surface area contributed by atoms with E-state index in [1.165, 1.54) is 12.1 Å². The van der Waals surface area contributed by atoms with E-state index in [-0.39, 0.29) is 5.69 Å². The summed E-state index contributed by atoms with van der Waals surface area (Å²) in [6.45, 7) is 4.00. The summed E-state index contributed by atoms with van der Waals surface area (Å²) in [5.41, 5.74) is 5.61. The fraction of sp³-hybridized carbons (Fsp3) is 0.429. The van der Waals surface area contributed by atoms with Crippen LogP contribution in [0.15, 0.2) is 22.7 Å². The zero-order valence-corrected chi connectivity index (χ0v) is 11.8. The molecule has 0 unspecified atom stereocenters. The van der Waals surface area contributed by atoms with Crippen LogP contribution >= 0.6 is 0 Å². The van der Waals surface area contributed by atoms with Gasteiger partial charge in [-0.15, -0.1) is 0 Å². The number of nitrogen functional groups attached to an aromatic ring is 1. The minimum Gasteiger partial charge on any atom is -0.396 e. The SMILES string of the molecule is CCC(CC)(OC)c1noc(-c2ccc(F)c(N)c2)n1. The maximum absolute atomic E-state index is 13.2. The average molecular weight is 279 g/mol. The van der Waals surface area contributed by atoms with E-state index < -0.39 is 11.4 Å². The first kappa shape index (κ1) is 14.5. The summed E-state index contributed by atoms with van der Waals surface area (Å²) < 4.78 is 23.9. The number of hydrogen-bond acceptors (Lipinski definition) is 5. The fourth-order valence-corrected chi connectivity index (χ4v) is 2.15. The molecule has 0 bridgehead atoms. The monoisotopic (exact) mass is 279 g/mol. The third kappa shape index (κ3) is 2.38. The largest absolute Gasteiger partial charge is 0.396 e. The van der Waals surface area contributed by atoms with Crippen molar-refractivity contribution in [3.63, 3.8) is 0 Å². The van der Waals surface area contributed by atoms with Crippen LogP contribution in [0.3, 0.4) is 0 Å². The summed E-state index contributed by atoms with van der Waals surface area (Å²) in [5, 5.41) is 3.98. The van der Waals surface area contributed by atoms with Gasteiger partial charge in [0.15, 0.2) is 0 Å². The predicted molar refractivity (Wildman–Crippen MR) is 73.4 cm³/mol. The van der Waals surface area contributed by atoms with Crippen LogP contribution in [0.4, 0.5) is 10.1 Å². The molecule has 0 atom stereocenters. The van der Waals surface area contributed by atoms with E-state index >= 15 is 0 Å². The number of rotatable bonds is 5. The van der Waals surface area contributed by atoms with Crippen molar-refractivity contribution in [1.82, 2.24) is 10.1 Å². The van der Waals surface area contributed by atoms with Gasteiger partial charge in [-0.1, -0.05) is 19.0 Å². The molecule has 1 heterocycles. The van der Waals surface area contributed by atoms with E-state index in [0.29, 0.717) is 17.3 Å². The number of benzene rings is 1. The number of halogens is 1. The number of anilines is 1. The lowest BCUT2D eigenvalue weighted by molar-refractivity contribution is -0.0306. The highest BCUT2D eigenvalue weighted by Gasteiger charge is 2.33. The number of ether oxygens (including phenoxy) is 1. The van der Waals surface area contributed by atoms with Crippen LogP contribution in [0.1, 0.15) is 32.5 Å². The molecule has 0 saturated carbocycles. The lowest BCUT2D eigenvalue weighted by Gasteiger charge is -2.25. The van der Waals surface area contributed by atoms with Gasteiger partial charge in [0.1, 0.15) is 11.4 Å². The second-order valence-corrected chi connectivity index (χ2v) is 4.56. The molecule has 0 fully saturated rings. The summed E-state index contributed by atoms with van der Waals surface area (Å²) >= 11 is 0. The molecule has 2 aromatic rings. The van der Waals surface area contributed by atoms with Gasteiger partial charge in [-0.2, -0.15) is 4.98 Å². The molecule has 1 aromatic heterocycles. The van der Waals surface area contributed by atoms with Crippen LogP contribution in [0.25, 0.3) is 11.5 Å². The Labute approximate surface area is 116 Å². The molecule has 1 aromatic carbocycles. The van der Waals surface area contributed by atoms with Crippen LogP contribution in [0.5, 0.6) is 0 Å². The Morgan fingerprint density at radius 3 is 2.60 bits per heavy atom. The molecule has 6 heteroatoms. The summed E-state index contributed by atoms with van der Waals surface area (Å²) in [6, 6.07) is 4.30. The minimum absolute atomic E-state index is 0.0474. The average Bonchev–Trinajstić information content (AvgIpc) is 2.95. The Bertz CT molecular complexity index is 586. The van der Waals surface area contributed by atoms with Crippen molar-refractivity contribution in [2.45, 2.75) is 32.3 Å². The zero-order valence-electron chi connectivity index (χ0n) is 11.8. The molecule has 0 aliphatic rings. The van der Waals surface area contributed by atoms with E-state index in [1.54, 1.807) is 13.2 Å². The van der Waals surface area contributed by atoms with E-state index in [1.807, 2.05) is 13.8 Å². The second-order valence-electron chi connectivity index (χ2n) is 4.56. The van der Waals surface area contributed by atoms with Gasteiger partial charge >= 0.3 is 0 Å². The standard InChI is InChI=1S/C14H18FN3O2/c1-4-14(5-2,19-3)13-17-12(20-18-13)9-6-7-10(15)11(16)8-9/h6-8H,4-5,16H2,1-3H3. The highest BCUT2D eigenvalue weighted by molar-refractivity contribution is 5.60. The lowest BCUT2D eigenvalue weighted by Crippen LogP contribution is -2.28.